The number of halogens is 1. The van der Waals surface area contributed by atoms with Gasteiger partial charge in [-0.2, -0.15) is 0 Å². The van der Waals surface area contributed by atoms with Crippen molar-refractivity contribution in [2.45, 2.75) is 13.3 Å². The molecule has 0 atom stereocenters. The van der Waals surface area contributed by atoms with E-state index in [2.05, 4.69) is 5.32 Å². The van der Waals surface area contributed by atoms with Gasteiger partial charge in [0, 0.05) is 11.8 Å². The number of carbonyl (C=O) groups is 1. The van der Waals surface area contributed by atoms with Crippen molar-refractivity contribution >= 4 is 11.6 Å². The molecule has 0 saturated heterocycles. The average Bonchev–Trinajstić information content (AvgIpc) is 2.81. The minimum absolute atomic E-state index is 0.161. The van der Waals surface area contributed by atoms with Crippen LogP contribution in [0.5, 0.6) is 28.7 Å². The summed E-state index contributed by atoms with van der Waals surface area (Å²) in [4.78, 5) is 13.2. The van der Waals surface area contributed by atoms with E-state index in [0.717, 1.165) is 12.0 Å². The van der Waals surface area contributed by atoms with Gasteiger partial charge in [-0.25, -0.2) is 4.39 Å². The number of rotatable bonds is 9. The molecule has 174 valence electrons. The summed E-state index contributed by atoms with van der Waals surface area (Å²) in [5, 5.41) is 2.78. The van der Waals surface area contributed by atoms with Crippen molar-refractivity contribution in [1.29, 1.82) is 0 Å². The Bertz CT molecular complexity index is 1130. The molecular formula is C25H27FN2O5. The van der Waals surface area contributed by atoms with E-state index in [9.17, 15) is 9.18 Å². The Morgan fingerprint density at radius 2 is 1.61 bits per heavy atom. The van der Waals surface area contributed by atoms with E-state index in [-0.39, 0.29) is 34.4 Å². The summed E-state index contributed by atoms with van der Waals surface area (Å²) in [6.45, 7) is 2.25. The maximum absolute atomic E-state index is 13.5. The Hall–Kier alpha value is -3.78. The lowest BCUT2D eigenvalue weighted by Crippen LogP contribution is -2.15. The second kappa shape index (κ2) is 10.7. The van der Waals surface area contributed by atoms with Gasteiger partial charge in [-0.15, -0.1) is 0 Å². The van der Waals surface area contributed by atoms with Crippen LogP contribution in [0.25, 0.3) is 0 Å². The van der Waals surface area contributed by atoms with Crippen LogP contribution < -0.4 is 30.0 Å². The van der Waals surface area contributed by atoms with Crippen LogP contribution in [0, 0.1) is 12.7 Å². The quantitative estimate of drug-likeness (QED) is 0.487. The van der Waals surface area contributed by atoms with Gasteiger partial charge in [0.1, 0.15) is 11.6 Å². The molecule has 0 spiro atoms. The van der Waals surface area contributed by atoms with E-state index in [4.69, 9.17) is 24.7 Å². The predicted octanol–water partition coefficient (Wildman–Crippen LogP) is 4.71. The van der Waals surface area contributed by atoms with Crippen LogP contribution in [0.15, 0.2) is 48.5 Å². The number of aryl methyl sites for hydroxylation is 1. The summed E-state index contributed by atoms with van der Waals surface area (Å²) >= 11 is 0. The SMILES string of the molecule is COc1c(Oc2ccc(CCN)cc2)cc(C(=O)Nc2ccc(F)cc2C)c(OC)c1OC. The number of anilines is 1. The highest BCUT2D eigenvalue weighted by Crippen LogP contribution is 2.48. The average molecular weight is 454 g/mol. The van der Waals surface area contributed by atoms with Crippen molar-refractivity contribution in [3.63, 3.8) is 0 Å². The molecule has 3 rings (SSSR count). The number of methoxy groups -OCH3 is 3. The first-order valence-corrected chi connectivity index (χ1v) is 10.3. The zero-order valence-electron chi connectivity index (χ0n) is 19.0. The Morgan fingerprint density at radius 3 is 2.18 bits per heavy atom. The Morgan fingerprint density at radius 1 is 0.939 bits per heavy atom. The molecule has 7 nitrogen and oxygen atoms in total. The zero-order valence-corrected chi connectivity index (χ0v) is 19.0. The van der Waals surface area contributed by atoms with Gasteiger partial charge in [0.15, 0.2) is 11.5 Å². The standard InChI is InChI=1S/C25H27FN2O5/c1-15-13-17(26)7-10-20(15)28-25(29)19-14-21(23(31-3)24(32-4)22(19)30-2)33-18-8-5-16(6-9-18)11-12-27/h5-10,13-14H,11-12,27H2,1-4H3,(H,28,29). The number of benzene rings is 3. The van der Waals surface area contributed by atoms with E-state index in [0.29, 0.717) is 23.5 Å². The highest BCUT2D eigenvalue weighted by molar-refractivity contribution is 6.07. The largest absolute Gasteiger partial charge is 0.492 e. The molecule has 0 fully saturated rings. The maximum Gasteiger partial charge on any atom is 0.259 e. The van der Waals surface area contributed by atoms with Gasteiger partial charge < -0.3 is 30.0 Å². The molecule has 3 aromatic rings. The fraction of sp³-hybridized carbons (Fsp3) is 0.240. The molecule has 33 heavy (non-hydrogen) atoms. The van der Waals surface area contributed by atoms with Gasteiger partial charge >= 0.3 is 0 Å². The second-order valence-electron chi connectivity index (χ2n) is 7.22. The van der Waals surface area contributed by atoms with Crippen LogP contribution in [0.3, 0.4) is 0 Å². The third-order valence-corrected chi connectivity index (χ3v) is 5.03. The van der Waals surface area contributed by atoms with E-state index in [1.165, 1.54) is 45.6 Å². The van der Waals surface area contributed by atoms with Gasteiger partial charge in [0.05, 0.1) is 26.9 Å². The Labute approximate surface area is 192 Å². The highest BCUT2D eigenvalue weighted by atomic mass is 19.1. The summed E-state index contributed by atoms with van der Waals surface area (Å²) < 4.78 is 36.0. The molecule has 0 heterocycles. The van der Waals surface area contributed by atoms with Gasteiger partial charge in [-0.3, -0.25) is 4.79 Å². The number of carbonyl (C=O) groups excluding carboxylic acids is 1. The van der Waals surface area contributed by atoms with Crippen LogP contribution >= 0.6 is 0 Å². The number of hydrogen-bond acceptors (Lipinski definition) is 6. The molecule has 0 radical (unpaired) electrons. The second-order valence-corrected chi connectivity index (χ2v) is 7.22. The molecule has 0 aliphatic heterocycles. The number of nitrogens with one attached hydrogen (secondary N) is 1. The van der Waals surface area contributed by atoms with Crippen molar-refractivity contribution in [2.24, 2.45) is 5.73 Å². The summed E-state index contributed by atoms with van der Waals surface area (Å²) in [6, 6.07) is 13.1. The van der Waals surface area contributed by atoms with Crippen LogP contribution in [-0.2, 0) is 6.42 Å². The molecule has 0 bridgehead atoms. The van der Waals surface area contributed by atoms with Crippen molar-refractivity contribution in [2.75, 3.05) is 33.2 Å². The van der Waals surface area contributed by atoms with E-state index in [1.54, 1.807) is 6.92 Å². The molecule has 1 amide bonds. The first kappa shape index (κ1) is 23.9. The molecule has 0 aliphatic rings. The van der Waals surface area contributed by atoms with Gasteiger partial charge in [-0.1, -0.05) is 12.1 Å². The van der Waals surface area contributed by atoms with Gasteiger partial charge in [-0.05, 0) is 61.3 Å². The smallest absolute Gasteiger partial charge is 0.259 e. The van der Waals surface area contributed by atoms with Crippen molar-refractivity contribution < 1.29 is 28.1 Å². The van der Waals surface area contributed by atoms with E-state index in [1.807, 2.05) is 24.3 Å². The number of nitrogens with two attached hydrogens (primary N) is 1. The first-order valence-electron chi connectivity index (χ1n) is 10.3. The maximum atomic E-state index is 13.5. The number of amides is 1. The molecule has 0 saturated carbocycles. The van der Waals surface area contributed by atoms with Crippen molar-refractivity contribution in [3.8, 4) is 28.7 Å². The molecule has 0 aromatic heterocycles. The Balaban J connectivity index is 2.02. The molecule has 3 N–H and O–H groups in total. The minimum Gasteiger partial charge on any atom is -0.492 e. The van der Waals surface area contributed by atoms with Crippen LogP contribution in [0.1, 0.15) is 21.5 Å². The third kappa shape index (κ3) is 5.35. The molecule has 0 aliphatic carbocycles. The molecule has 0 unspecified atom stereocenters. The van der Waals surface area contributed by atoms with E-state index >= 15 is 0 Å². The predicted molar refractivity (Wildman–Crippen MR) is 124 cm³/mol. The summed E-state index contributed by atoms with van der Waals surface area (Å²) in [7, 11) is 4.33. The summed E-state index contributed by atoms with van der Waals surface area (Å²) in [5.41, 5.74) is 7.90. The van der Waals surface area contributed by atoms with Crippen LogP contribution in [-0.4, -0.2) is 33.8 Å². The zero-order chi connectivity index (χ0) is 24.0. The Kier molecular flexibility index (Phi) is 7.74. The third-order valence-electron chi connectivity index (χ3n) is 5.03. The lowest BCUT2D eigenvalue weighted by atomic mass is 10.1. The number of ether oxygens (including phenoxy) is 4. The molecule has 3 aromatic carbocycles. The summed E-state index contributed by atoms with van der Waals surface area (Å²) in [5.74, 6) is 0.600. The topological polar surface area (TPSA) is 92.0 Å². The van der Waals surface area contributed by atoms with Gasteiger partial charge in [0.2, 0.25) is 11.5 Å². The number of hydrogen-bond donors (Lipinski definition) is 2. The van der Waals surface area contributed by atoms with Crippen LogP contribution in [0.2, 0.25) is 0 Å². The monoisotopic (exact) mass is 454 g/mol. The lowest BCUT2D eigenvalue weighted by Gasteiger charge is -2.19. The lowest BCUT2D eigenvalue weighted by molar-refractivity contribution is 0.102. The van der Waals surface area contributed by atoms with Crippen LogP contribution in [0.4, 0.5) is 10.1 Å². The van der Waals surface area contributed by atoms with Crippen molar-refractivity contribution in [3.05, 3.63) is 71.0 Å². The first-order chi connectivity index (χ1) is 15.9. The van der Waals surface area contributed by atoms with E-state index < -0.39 is 5.91 Å². The fourth-order valence-corrected chi connectivity index (χ4v) is 3.40. The fourth-order valence-electron chi connectivity index (χ4n) is 3.40. The molecular weight excluding hydrogens is 427 g/mol. The summed E-state index contributed by atoms with van der Waals surface area (Å²) in [6.07, 6.45) is 0.757. The minimum atomic E-state index is -0.481. The van der Waals surface area contributed by atoms with Gasteiger partial charge in [0.25, 0.3) is 5.91 Å². The highest BCUT2D eigenvalue weighted by Gasteiger charge is 2.26. The van der Waals surface area contributed by atoms with Crippen molar-refractivity contribution in [1.82, 2.24) is 0 Å². The molecule has 8 heteroatoms. The normalized spacial score (nSPS) is 10.5.